The predicted molar refractivity (Wildman–Crippen MR) is 105 cm³/mol. The maximum Gasteiger partial charge on any atom is 0.267 e. The van der Waals surface area contributed by atoms with E-state index < -0.39 is 0 Å². The highest BCUT2D eigenvalue weighted by Gasteiger charge is 2.16. The molecule has 0 saturated carbocycles. The fraction of sp³-hybridized carbons (Fsp3) is 0.111. The quantitative estimate of drug-likeness (QED) is 0.535. The summed E-state index contributed by atoms with van der Waals surface area (Å²) in [6.07, 6.45) is 0. The number of hydrogen-bond donors (Lipinski definition) is 1. The second-order valence-corrected chi connectivity index (χ2v) is 7.56. The first kappa shape index (κ1) is 17.8. The number of rotatable bonds is 5. The van der Waals surface area contributed by atoms with Crippen molar-refractivity contribution in [3.05, 3.63) is 73.5 Å². The number of ether oxygens (including phenoxy) is 1. The Kier molecular flexibility index (Phi) is 5.64. The lowest BCUT2D eigenvalue weighted by atomic mass is 10.3. The zero-order valence-corrected chi connectivity index (χ0v) is 16.2. The van der Waals surface area contributed by atoms with Crippen molar-refractivity contribution in [1.82, 2.24) is 4.98 Å². The van der Waals surface area contributed by atoms with E-state index in [2.05, 4.69) is 32.9 Å². The molecule has 0 unspecified atom stereocenters. The molecule has 25 heavy (non-hydrogen) atoms. The molecule has 0 fully saturated rings. The van der Waals surface area contributed by atoms with E-state index in [9.17, 15) is 9.18 Å². The van der Waals surface area contributed by atoms with Crippen molar-refractivity contribution in [3.8, 4) is 5.75 Å². The highest BCUT2D eigenvalue weighted by Crippen LogP contribution is 2.22. The number of carbonyl (C=O) groups is 1. The highest BCUT2D eigenvalue weighted by molar-refractivity contribution is 14.1. The van der Waals surface area contributed by atoms with Crippen molar-refractivity contribution in [2.24, 2.45) is 0 Å². The number of hydrogen-bond acceptors (Lipinski definition) is 4. The van der Waals surface area contributed by atoms with Crippen LogP contribution in [0, 0.1) is 16.3 Å². The maximum absolute atomic E-state index is 12.9. The third kappa shape index (κ3) is 4.76. The molecule has 0 spiro atoms. The molecule has 0 aliphatic carbocycles. The van der Waals surface area contributed by atoms with E-state index in [1.165, 1.54) is 23.5 Å². The van der Waals surface area contributed by atoms with Crippen LogP contribution in [0.25, 0.3) is 0 Å². The molecule has 0 radical (unpaired) electrons. The molecule has 4 nitrogen and oxygen atoms in total. The van der Waals surface area contributed by atoms with Gasteiger partial charge in [-0.15, -0.1) is 11.3 Å². The van der Waals surface area contributed by atoms with Crippen LogP contribution in [0.15, 0.2) is 48.5 Å². The smallest absolute Gasteiger partial charge is 0.267 e. The van der Waals surface area contributed by atoms with E-state index in [4.69, 9.17) is 4.74 Å². The van der Waals surface area contributed by atoms with E-state index in [0.717, 1.165) is 9.26 Å². The Morgan fingerprint density at radius 1 is 1.28 bits per heavy atom. The van der Waals surface area contributed by atoms with E-state index >= 15 is 0 Å². The summed E-state index contributed by atoms with van der Waals surface area (Å²) in [5.74, 6) is 0.0520. The first-order chi connectivity index (χ1) is 12.0. The second kappa shape index (κ2) is 7.92. The number of nitrogens with one attached hydrogen (secondary N) is 1. The summed E-state index contributed by atoms with van der Waals surface area (Å²) in [5.41, 5.74) is 1.40. The summed E-state index contributed by atoms with van der Waals surface area (Å²) in [7, 11) is 0. The zero-order chi connectivity index (χ0) is 17.8. The Balaban J connectivity index is 1.67. The number of thiazole rings is 1. The highest BCUT2D eigenvalue weighted by atomic mass is 127. The van der Waals surface area contributed by atoms with Gasteiger partial charge in [0.2, 0.25) is 0 Å². The molecule has 1 N–H and O–H groups in total. The van der Waals surface area contributed by atoms with Gasteiger partial charge in [-0.2, -0.15) is 0 Å². The normalized spacial score (nSPS) is 10.5. The average Bonchev–Trinajstić information content (AvgIpc) is 2.95. The molecule has 0 saturated heterocycles. The molecule has 3 rings (SSSR count). The summed E-state index contributed by atoms with van der Waals surface area (Å²) in [5, 5.41) is 3.57. The summed E-state index contributed by atoms with van der Waals surface area (Å²) in [4.78, 5) is 17.4. The molecular weight excluding hydrogens is 454 g/mol. The molecule has 0 aliphatic rings. The molecule has 0 bridgehead atoms. The van der Waals surface area contributed by atoms with Crippen LogP contribution in [-0.2, 0) is 6.61 Å². The van der Waals surface area contributed by atoms with Gasteiger partial charge in [-0.3, -0.25) is 4.79 Å². The molecule has 0 aliphatic heterocycles. The summed E-state index contributed by atoms with van der Waals surface area (Å²) >= 11 is 3.48. The third-order valence-corrected chi connectivity index (χ3v) is 5.11. The van der Waals surface area contributed by atoms with Crippen LogP contribution in [0.2, 0.25) is 0 Å². The van der Waals surface area contributed by atoms with Crippen molar-refractivity contribution in [3.63, 3.8) is 0 Å². The molecule has 2 aromatic carbocycles. The molecule has 128 valence electrons. The lowest BCUT2D eigenvalue weighted by molar-refractivity contribution is 0.103. The number of aromatic nitrogens is 1. The van der Waals surface area contributed by atoms with Gasteiger partial charge in [0, 0.05) is 9.26 Å². The van der Waals surface area contributed by atoms with Crippen molar-refractivity contribution in [2.75, 3.05) is 5.32 Å². The number of benzene rings is 2. The molecule has 0 atom stereocenters. The van der Waals surface area contributed by atoms with E-state index in [1.54, 1.807) is 19.1 Å². The fourth-order valence-electron chi connectivity index (χ4n) is 2.15. The van der Waals surface area contributed by atoms with E-state index in [0.29, 0.717) is 21.3 Å². The Bertz CT molecular complexity index is 896. The van der Waals surface area contributed by atoms with Crippen LogP contribution in [-0.4, -0.2) is 10.9 Å². The summed E-state index contributed by atoms with van der Waals surface area (Å²) < 4.78 is 19.5. The summed E-state index contributed by atoms with van der Waals surface area (Å²) in [6.45, 7) is 2.02. The largest absolute Gasteiger partial charge is 0.486 e. The van der Waals surface area contributed by atoms with Crippen LogP contribution < -0.4 is 10.1 Å². The van der Waals surface area contributed by atoms with Crippen LogP contribution in [0.1, 0.15) is 20.4 Å². The van der Waals surface area contributed by atoms with Gasteiger partial charge < -0.3 is 10.1 Å². The number of amides is 1. The minimum Gasteiger partial charge on any atom is -0.486 e. The van der Waals surface area contributed by atoms with Gasteiger partial charge in [-0.1, -0.05) is 6.07 Å². The van der Waals surface area contributed by atoms with E-state index in [1.807, 2.05) is 24.3 Å². The third-order valence-electron chi connectivity index (χ3n) is 3.31. The molecule has 1 heterocycles. The number of carbonyl (C=O) groups excluding carboxylic acids is 1. The van der Waals surface area contributed by atoms with Gasteiger partial charge >= 0.3 is 0 Å². The Morgan fingerprint density at radius 3 is 2.76 bits per heavy atom. The SMILES string of the molecule is Cc1nc(COc2ccc(F)cc2)sc1C(=O)Nc1cccc(I)c1. The first-order valence-electron chi connectivity index (χ1n) is 7.43. The monoisotopic (exact) mass is 468 g/mol. The predicted octanol–water partition coefficient (Wildman–Crippen LogP) is 5.03. The lowest BCUT2D eigenvalue weighted by Gasteiger charge is -2.04. The number of halogens is 2. The van der Waals surface area contributed by atoms with Crippen LogP contribution in [0.5, 0.6) is 5.75 Å². The van der Waals surface area contributed by atoms with Crippen LogP contribution in [0.3, 0.4) is 0 Å². The zero-order valence-electron chi connectivity index (χ0n) is 13.3. The summed E-state index contributed by atoms with van der Waals surface area (Å²) in [6, 6.07) is 13.4. The van der Waals surface area contributed by atoms with Crippen molar-refractivity contribution >= 4 is 45.5 Å². The first-order valence-corrected chi connectivity index (χ1v) is 9.32. The van der Waals surface area contributed by atoms with Crippen LogP contribution >= 0.6 is 33.9 Å². The Hall–Kier alpha value is -2.00. The van der Waals surface area contributed by atoms with E-state index in [-0.39, 0.29) is 18.3 Å². The standard InChI is InChI=1S/C18H14FIN2O2S/c1-11-17(18(23)22-14-4-2-3-13(20)9-14)25-16(21-11)10-24-15-7-5-12(19)6-8-15/h2-9H,10H2,1H3,(H,22,23). The second-order valence-electron chi connectivity index (χ2n) is 5.23. The van der Waals surface area contributed by atoms with Gasteiger partial charge in [0.15, 0.2) is 0 Å². The fourth-order valence-corrected chi connectivity index (χ4v) is 3.57. The maximum atomic E-state index is 12.9. The molecular formula is C18H14FIN2O2S. The minimum atomic E-state index is -0.313. The van der Waals surface area contributed by atoms with Gasteiger partial charge in [0.25, 0.3) is 5.91 Å². The van der Waals surface area contributed by atoms with Crippen molar-refractivity contribution in [2.45, 2.75) is 13.5 Å². The number of nitrogens with zero attached hydrogens (tertiary/aromatic N) is 1. The van der Waals surface area contributed by atoms with Crippen LogP contribution in [0.4, 0.5) is 10.1 Å². The molecule has 7 heteroatoms. The molecule has 1 aromatic heterocycles. The average molecular weight is 468 g/mol. The Labute approximate surface area is 162 Å². The minimum absolute atomic E-state index is 0.190. The van der Waals surface area contributed by atoms with Gasteiger partial charge in [-0.25, -0.2) is 9.37 Å². The molecule has 3 aromatic rings. The van der Waals surface area contributed by atoms with Gasteiger partial charge in [0.1, 0.15) is 28.1 Å². The number of anilines is 1. The van der Waals surface area contributed by atoms with Gasteiger partial charge in [-0.05, 0) is 72.0 Å². The van der Waals surface area contributed by atoms with Gasteiger partial charge in [0.05, 0.1) is 5.69 Å². The Morgan fingerprint density at radius 2 is 2.04 bits per heavy atom. The lowest BCUT2D eigenvalue weighted by Crippen LogP contribution is -2.11. The topological polar surface area (TPSA) is 51.2 Å². The van der Waals surface area contributed by atoms with Crippen molar-refractivity contribution in [1.29, 1.82) is 0 Å². The molecule has 1 amide bonds. The van der Waals surface area contributed by atoms with Crippen molar-refractivity contribution < 1.29 is 13.9 Å². The number of aryl methyl sites for hydroxylation is 1.